The first-order chi connectivity index (χ1) is 17.7. The number of amides is 1. The number of nitrogens with zero attached hydrogens (tertiary/aromatic N) is 2. The number of rotatable bonds is 8. The minimum absolute atomic E-state index is 0.0199. The highest BCUT2D eigenvalue weighted by Crippen LogP contribution is 2.36. The molecule has 0 spiro atoms. The zero-order valence-electron chi connectivity index (χ0n) is 21.3. The summed E-state index contributed by atoms with van der Waals surface area (Å²) >= 11 is 0. The molecule has 2 aromatic carbocycles. The number of aryl methyl sites for hydroxylation is 1. The summed E-state index contributed by atoms with van der Waals surface area (Å²) in [5.74, 6) is 0.514. The monoisotopic (exact) mass is 488 g/mol. The molecule has 2 fully saturated rings. The van der Waals surface area contributed by atoms with Gasteiger partial charge in [-0.1, -0.05) is 42.5 Å². The van der Waals surface area contributed by atoms with Gasteiger partial charge in [0.1, 0.15) is 6.10 Å². The van der Waals surface area contributed by atoms with E-state index in [-0.39, 0.29) is 18.1 Å². The van der Waals surface area contributed by atoms with Gasteiger partial charge in [-0.3, -0.25) is 9.78 Å². The van der Waals surface area contributed by atoms with E-state index in [0.29, 0.717) is 25.7 Å². The first-order valence-electron chi connectivity index (χ1n) is 13.1. The summed E-state index contributed by atoms with van der Waals surface area (Å²) in [6.45, 7) is 5.47. The van der Waals surface area contributed by atoms with Crippen LogP contribution in [0, 0.1) is 12.8 Å². The van der Waals surface area contributed by atoms with Gasteiger partial charge in [-0.05, 0) is 66.8 Å². The molecule has 2 saturated heterocycles. The topological polar surface area (TPSA) is 60.9 Å². The second-order valence-corrected chi connectivity index (χ2v) is 9.88. The number of fused-ring (bicyclic) bond motifs is 1. The van der Waals surface area contributed by atoms with E-state index in [1.807, 2.05) is 17.2 Å². The molecular weight excluding hydrogens is 452 g/mol. The molecule has 2 aliphatic rings. The summed E-state index contributed by atoms with van der Waals surface area (Å²) in [4.78, 5) is 19.4. The van der Waals surface area contributed by atoms with Gasteiger partial charge in [-0.25, -0.2) is 0 Å². The van der Waals surface area contributed by atoms with Gasteiger partial charge >= 0.3 is 0 Å². The standard InChI is InChI=1S/C30H36N2O4/c1-21-26(12-11-23-5-3-15-31-28(21)23)22-7-9-24(10-8-22)29(36-20-19-34-2)25-13-16-32(17-14-25)30(33)27-6-4-18-35-27/h3,5,7-12,15,25,27,29H,4,6,13-14,16-20H2,1-2H3/t27-,29?/m1/s1. The number of benzene rings is 2. The Balaban J connectivity index is 1.31. The third-order valence-corrected chi connectivity index (χ3v) is 7.65. The third kappa shape index (κ3) is 5.31. The van der Waals surface area contributed by atoms with Crippen molar-refractivity contribution < 1.29 is 19.0 Å². The molecule has 1 unspecified atom stereocenters. The minimum atomic E-state index is -0.239. The van der Waals surface area contributed by atoms with E-state index in [2.05, 4.69) is 54.4 Å². The predicted octanol–water partition coefficient (Wildman–Crippen LogP) is 5.33. The highest BCUT2D eigenvalue weighted by molar-refractivity contribution is 5.88. The van der Waals surface area contributed by atoms with Crippen LogP contribution in [0.15, 0.2) is 54.7 Å². The molecule has 190 valence electrons. The van der Waals surface area contributed by atoms with Gasteiger partial charge in [-0.15, -0.1) is 0 Å². The molecule has 3 heterocycles. The summed E-state index contributed by atoms with van der Waals surface area (Å²) in [5, 5.41) is 1.16. The van der Waals surface area contributed by atoms with Crippen LogP contribution in [0.2, 0.25) is 0 Å². The second kappa shape index (κ2) is 11.5. The van der Waals surface area contributed by atoms with Gasteiger partial charge in [0.15, 0.2) is 0 Å². The number of piperidine rings is 1. The van der Waals surface area contributed by atoms with Gasteiger partial charge in [0.25, 0.3) is 5.91 Å². The maximum atomic E-state index is 12.8. The van der Waals surface area contributed by atoms with Crippen LogP contribution in [0.5, 0.6) is 0 Å². The fourth-order valence-corrected chi connectivity index (χ4v) is 5.62. The zero-order chi connectivity index (χ0) is 24.9. The van der Waals surface area contributed by atoms with E-state index in [0.717, 1.165) is 49.7 Å². The molecule has 6 heteroatoms. The Hall–Kier alpha value is -2.80. The molecule has 2 atom stereocenters. The number of hydrogen-bond acceptors (Lipinski definition) is 5. The molecule has 0 saturated carbocycles. The average Bonchev–Trinajstić information content (AvgIpc) is 3.47. The molecular formula is C30H36N2O4. The van der Waals surface area contributed by atoms with Crippen LogP contribution < -0.4 is 0 Å². The number of likely N-dealkylation sites (tertiary alicyclic amines) is 1. The van der Waals surface area contributed by atoms with E-state index in [1.165, 1.54) is 22.3 Å². The molecule has 3 aromatic rings. The fraction of sp³-hybridized carbons (Fsp3) is 0.467. The number of aromatic nitrogens is 1. The van der Waals surface area contributed by atoms with Crippen molar-refractivity contribution in [2.75, 3.05) is 40.0 Å². The van der Waals surface area contributed by atoms with Crippen LogP contribution in [-0.4, -0.2) is 61.9 Å². The number of carbonyl (C=O) groups excluding carboxylic acids is 1. The number of hydrogen-bond donors (Lipinski definition) is 0. The molecule has 0 bridgehead atoms. The van der Waals surface area contributed by atoms with Crippen molar-refractivity contribution in [3.8, 4) is 11.1 Å². The van der Waals surface area contributed by atoms with Crippen LogP contribution in [0.3, 0.4) is 0 Å². The molecule has 0 radical (unpaired) electrons. The Kier molecular flexibility index (Phi) is 7.95. The lowest BCUT2D eigenvalue weighted by molar-refractivity contribution is -0.143. The van der Waals surface area contributed by atoms with Crippen LogP contribution in [0.1, 0.15) is 42.9 Å². The van der Waals surface area contributed by atoms with Crippen molar-refractivity contribution in [3.05, 3.63) is 65.9 Å². The van der Waals surface area contributed by atoms with Crippen molar-refractivity contribution in [3.63, 3.8) is 0 Å². The largest absolute Gasteiger partial charge is 0.382 e. The van der Waals surface area contributed by atoms with Crippen LogP contribution >= 0.6 is 0 Å². The minimum Gasteiger partial charge on any atom is -0.382 e. The average molecular weight is 489 g/mol. The molecule has 5 rings (SSSR count). The summed E-state index contributed by atoms with van der Waals surface area (Å²) in [7, 11) is 1.70. The van der Waals surface area contributed by atoms with Gasteiger partial charge in [0.05, 0.1) is 24.8 Å². The van der Waals surface area contributed by atoms with E-state index in [1.54, 1.807) is 7.11 Å². The lowest BCUT2D eigenvalue weighted by Crippen LogP contribution is -2.44. The molecule has 1 amide bonds. The lowest BCUT2D eigenvalue weighted by atomic mass is 9.86. The number of pyridine rings is 1. The molecule has 1 aromatic heterocycles. The molecule has 0 N–H and O–H groups in total. The quantitative estimate of drug-likeness (QED) is 0.401. The maximum absolute atomic E-state index is 12.8. The van der Waals surface area contributed by atoms with Gasteiger partial charge in [-0.2, -0.15) is 0 Å². The molecule has 0 aliphatic carbocycles. The van der Waals surface area contributed by atoms with Crippen LogP contribution in [0.4, 0.5) is 0 Å². The number of methoxy groups -OCH3 is 1. The van der Waals surface area contributed by atoms with Crippen molar-refractivity contribution in [2.24, 2.45) is 5.92 Å². The summed E-state index contributed by atoms with van der Waals surface area (Å²) < 4.78 is 17.2. The van der Waals surface area contributed by atoms with E-state index >= 15 is 0 Å². The van der Waals surface area contributed by atoms with Gasteiger partial charge < -0.3 is 19.1 Å². The van der Waals surface area contributed by atoms with Crippen molar-refractivity contribution >= 4 is 16.8 Å². The smallest absolute Gasteiger partial charge is 0.251 e. The molecule has 6 nitrogen and oxygen atoms in total. The van der Waals surface area contributed by atoms with Crippen LogP contribution in [-0.2, 0) is 19.0 Å². The SMILES string of the molecule is COCCOC(c1ccc(-c2ccc3cccnc3c2C)cc1)C1CCN(C(=O)[C@H]2CCCO2)CC1. The number of ether oxygens (including phenoxy) is 3. The van der Waals surface area contributed by atoms with Crippen molar-refractivity contribution in [2.45, 2.75) is 44.8 Å². The summed E-state index contributed by atoms with van der Waals surface area (Å²) in [5.41, 5.74) is 5.79. The Morgan fingerprint density at radius 1 is 1.08 bits per heavy atom. The van der Waals surface area contributed by atoms with Gasteiger partial charge in [0.2, 0.25) is 0 Å². The summed E-state index contributed by atoms with van der Waals surface area (Å²) in [6, 6.07) is 17.2. The Morgan fingerprint density at radius 2 is 1.89 bits per heavy atom. The second-order valence-electron chi connectivity index (χ2n) is 9.88. The summed E-state index contributed by atoms with van der Waals surface area (Å²) in [6.07, 6.45) is 5.27. The van der Waals surface area contributed by atoms with Crippen molar-refractivity contribution in [1.29, 1.82) is 0 Å². The zero-order valence-corrected chi connectivity index (χ0v) is 21.3. The molecule has 36 heavy (non-hydrogen) atoms. The first kappa shape index (κ1) is 24.9. The molecule has 2 aliphatic heterocycles. The Labute approximate surface area is 213 Å². The van der Waals surface area contributed by atoms with E-state index in [4.69, 9.17) is 14.2 Å². The number of carbonyl (C=O) groups is 1. The maximum Gasteiger partial charge on any atom is 0.251 e. The Bertz CT molecular complexity index is 1170. The Morgan fingerprint density at radius 3 is 2.61 bits per heavy atom. The third-order valence-electron chi connectivity index (χ3n) is 7.65. The first-order valence-corrected chi connectivity index (χ1v) is 13.1. The van der Waals surface area contributed by atoms with E-state index < -0.39 is 0 Å². The normalized spacial score (nSPS) is 19.6. The highest BCUT2D eigenvalue weighted by Gasteiger charge is 2.34. The van der Waals surface area contributed by atoms with Crippen LogP contribution in [0.25, 0.3) is 22.0 Å². The highest BCUT2D eigenvalue weighted by atomic mass is 16.5. The fourth-order valence-electron chi connectivity index (χ4n) is 5.62. The van der Waals surface area contributed by atoms with Gasteiger partial charge in [0, 0.05) is 38.4 Å². The predicted molar refractivity (Wildman–Crippen MR) is 141 cm³/mol. The van der Waals surface area contributed by atoms with Crippen molar-refractivity contribution in [1.82, 2.24) is 9.88 Å². The lowest BCUT2D eigenvalue weighted by Gasteiger charge is -2.37. The van der Waals surface area contributed by atoms with E-state index in [9.17, 15) is 4.79 Å².